The van der Waals surface area contributed by atoms with Crippen LogP contribution in [0.25, 0.3) is 22.6 Å². The van der Waals surface area contributed by atoms with Crippen molar-refractivity contribution < 1.29 is 14.3 Å². The lowest BCUT2D eigenvalue weighted by molar-refractivity contribution is 0.210. The SMILES string of the molecule is CCc1ccc(-c2nc3cc(NC(=O)O)ccc3o2)cn1. The van der Waals surface area contributed by atoms with E-state index in [4.69, 9.17) is 9.52 Å². The van der Waals surface area contributed by atoms with Crippen LogP contribution in [0.5, 0.6) is 0 Å². The van der Waals surface area contributed by atoms with Crippen molar-refractivity contribution in [2.24, 2.45) is 0 Å². The van der Waals surface area contributed by atoms with Crippen molar-refractivity contribution in [3.05, 3.63) is 42.2 Å². The van der Waals surface area contributed by atoms with Crippen LogP contribution in [0, 0.1) is 0 Å². The number of fused-ring (bicyclic) bond motifs is 1. The fourth-order valence-corrected chi connectivity index (χ4v) is 2.01. The van der Waals surface area contributed by atoms with E-state index in [1.54, 1.807) is 24.4 Å². The van der Waals surface area contributed by atoms with E-state index < -0.39 is 6.09 Å². The van der Waals surface area contributed by atoms with E-state index in [0.29, 0.717) is 22.7 Å². The molecule has 0 unspecified atom stereocenters. The number of aryl methyl sites for hydroxylation is 1. The van der Waals surface area contributed by atoms with E-state index in [-0.39, 0.29) is 0 Å². The van der Waals surface area contributed by atoms with Gasteiger partial charge in [0.05, 0.1) is 5.56 Å². The molecule has 0 saturated heterocycles. The van der Waals surface area contributed by atoms with E-state index in [9.17, 15) is 4.79 Å². The maximum Gasteiger partial charge on any atom is 0.409 e. The fraction of sp³-hybridized carbons (Fsp3) is 0.133. The minimum absolute atomic E-state index is 0.453. The van der Waals surface area contributed by atoms with Gasteiger partial charge in [0, 0.05) is 17.6 Å². The van der Waals surface area contributed by atoms with Crippen molar-refractivity contribution in [1.82, 2.24) is 9.97 Å². The van der Waals surface area contributed by atoms with Gasteiger partial charge in [-0.15, -0.1) is 0 Å². The Morgan fingerprint density at radius 1 is 1.33 bits per heavy atom. The molecule has 21 heavy (non-hydrogen) atoms. The Labute approximate surface area is 120 Å². The van der Waals surface area contributed by atoms with Crippen LogP contribution >= 0.6 is 0 Å². The van der Waals surface area contributed by atoms with Gasteiger partial charge in [0.25, 0.3) is 0 Å². The molecule has 0 saturated carbocycles. The van der Waals surface area contributed by atoms with Gasteiger partial charge in [0.15, 0.2) is 5.58 Å². The van der Waals surface area contributed by atoms with Gasteiger partial charge < -0.3 is 9.52 Å². The number of nitrogens with one attached hydrogen (secondary N) is 1. The van der Waals surface area contributed by atoms with Crippen molar-refractivity contribution in [1.29, 1.82) is 0 Å². The lowest BCUT2D eigenvalue weighted by Gasteiger charge is -1.98. The second kappa shape index (κ2) is 5.24. The van der Waals surface area contributed by atoms with Crippen LogP contribution in [0.1, 0.15) is 12.6 Å². The van der Waals surface area contributed by atoms with E-state index >= 15 is 0 Å². The Morgan fingerprint density at radius 3 is 2.86 bits per heavy atom. The van der Waals surface area contributed by atoms with Gasteiger partial charge in [-0.2, -0.15) is 0 Å². The molecule has 6 heteroatoms. The van der Waals surface area contributed by atoms with Gasteiger partial charge in [0.1, 0.15) is 5.52 Å². The Balaban J connectivity index is 1.97. The normalized spacial score (nSPS) is 10.7. The average Bonchev–Trinajstić information content (AvgIpc) is 2.90. The number of rotatable bonds is 3. The molecule has 6 nitrogen and oxygen atoms in total. The Kier molecular flexibility index (Phi) is 3.27. The highest BCUT2D eigenvalue weighted by molar-refractivity contribution is 5.87. The molecule has 0 spiro atoms. The molecule has 0 aliphatic rings. The summed E-state index contributed by atoms with van der Waals surface area (Å²) in [5.74, 6) is 0.465. The molecule has 3 aromatic rings. The quantitative estimate of drug-likeness (QED) is 0.767. The van der Waals surface area contributed by atoms with Crippen molar-refractivity contribution >= 4 is 22.9 Å². The molecule has 1 aromatic carbocycles. The molecule has 0 radical (unpaired) electrons. The molecule has 1 amide bonds. The number of hydrogen-bond donors (Lipinski definition) is 2. The minimum Gasteiger partial charge on any atom is -0.465 e. The van der Waals surface area contributed by atoms with Crippen molar-refractivity contribution in [2.45, 2.75) is 13.3 Å². The molecule has 0 fully saturated rings. The predicted octanol–water partition coefficient (Wildman–Crippen LogP) is 3.54. The molecule has 2 aromatic heterocycles. The zero-order valence-electron chi connectivity index (χ0n) is 11.3. The van der Waals surface area contributed by atoms with Gasteiger partial charge in [-0.05, 0) is 36.8 Å². The molecular formula is C15H13N3O3. The van der Waals surface area contributed by atoms with Gasteiger partial charge in [-0.25, -0.2) is 9.78 Å². The summed E-state index contributed by atoms with van der Waals surface area (Å²) < 4.78 is 5.66. The highest BCUT2D eigenvalue weighted by Crippen LogP contribution is 2.25. The second-order valence-electron chi connectivity index (χ2n) is 4.52. The number of hydrogen-bond acceptors (Lipinski definition) is 4. The third-order valence-electron chi connectivity index (χ3n) is 3.07. The van der Waals surface area contributed by atoms with Gasteiger partial charge in [0.2, 0.25) is 5.89 Å². The summed E-state index contributed by atoms with van der Waals surface area (Å²) >= 11 is 0. The maximum atomic E-state index is 10.6. The maximum absolute atomic E-state index is 10.6. The topological polar surface area (TPSA) is 88.2 Å². The number of pyridine rings is 1. The van der Waals surface area contributed by atoms with Crippen molar-refractivity contribution in [2.75, 3.05) is 5.32 Å². The lowest BCUT2D eigenvalue weighted by Crippen LogP contribution is -2.06. The third kappa shape index (κ3) is 2.69. The number of amides is 1. The first kappa shape index (κ1) is 13.1. The Hall–Kier alpha value is -2.89. The van der Waals surface area contributed by atoms with Crippen molar-refractivity contribution in [3.8, 4) is 11.5 Å². The van der Waals surface area contributed by atoms with Crippen LogP contribution in [0.15, 0.2) is 40.9 Å². The number of carboxylic acid groups (broad SMARTS) is 1. The fourth-order valence-electron chi connectivity index (χ4n) is 2.01. The summed E-state index contributed by atoms with van der Waals surface area (Å²) in [5, 5.41) is 11.0. The Morgan fingerprint density at radius 2 is 2.19 bits per heavy atom. The first-order chi connectivity index (χ1) is 10.2. The number of aromatic nitrogens is 2. The summed E-state index contributed by atoms with van der Waals surface area (Å²) in [6.07, 6.45) is 1.48. The summed E-state index contributed by atoms with van der Waals surface area (Å²) in [6.45, 7) is 2.04. The summed E-state index contributed by atoms with van der Waals surface area (Å²) in [5.41, 5.74) is 3.43. The zero-order valence-corrected chi connectivity index (χ0v) is 11.3. The van der Waals surface area contributed by atoms with E-state index in [2.05, 4.69) is 15.3 Å². The largest absolute Gasteiger partial charge is 0.465 e. The van der Waals surface area contributed by atoms with Gasteiger partial charge in [-0.1, -0.05) is 6.92 Å². The van der Waals surface area contributed by atoms with Crippen LogP contribution < -0.4 is 5.32 Å². The zero-order chi connectivity index (χ0) is 14.8. The average molecular weight is 283 g/mol. The number of carbonyl (C=O) groups is 1. The molecule has 0 atom stereocenters. The standard InChI is InChI=1S/C15H13N3O3/c1-2-10-4-3-9(8-16-10)14-18-12-7-11(17-15(19)20)5-6-13(12)21-14/h3-8,17H,2H2,1H3,(H,19,20). The number of oxazole rings is 1. The van der Waals surface area contributed by atoms with Crippen LogP contribution in [0.2, 0.25) is 0 Å². The van der Waals surface area contributed by atoms with Crippen molar-refractivity contribution in [3.63, 3.8) is 0 Å². The molecule has 106 valence electrons. The Bertz CT molecular complexity index is 794. The first-order valence-corrected chi connectivity index (χ1v) is 6.51. The first-order valence-electron chi connectivity index (χ1n) is 6.51. The monoisotopic (exact) mass is 283 g/mol. The summed E-state index contributed by atoms with van der Waals surface area (Å²) in [7, 11) is 0. The molecule has 0 aliphatic carbocycles. The second-order valence-corrected chi connectivity index (χ2v) is 4.52. The number of benzene rings is 1. The van der Waals surface area contributed by atoms with Crippen LogP contribution in [0.3, 0.4) is 0 Å². The van der Waals surface area contributed by atoms with Crippen LogP contribution in [-0.4, -0.2) is 21.2 Å². The van der Waals surface area contributed by atoms with Crippen LogP contribution in [-0.2, 0) is 6.42 Å². The molecule has 0 bridgehead atoms. The van der Waals surface area contributed by atoms with E-state index in [1.165, 1.54) is 0 Å². The van der Waals surface area contributed by atoms with E-state index in [1.807, 2.05) is 19.1 Å². The van der Waals surface area contributed by atoms with Gasteiger partial charge >= 0.3 is 6.09 Å². The highest BCUT2D eigenvalue weighted by Gasteiger charge is 2.10. The van der Waals surface area contributed by atoms with E-state index in [0.717, 1.165) is 17.7 Å². The number of anilines is 1. The summed E-state index contributed by atoms with van der Waals surface area (Å²) in [6, 6.07) is 8.79. The third-order valence-corrected chi connectivity index (χ3v) is 3.07. The minimum atomic E-state index is -1.11. The predicted molar refractivity (Wildman–Crippen MR) is 78.3 cm³/mol. The molecule has 2 heterocycles. The summed E-state index contributed by atoms with van der Waals surface area (Å²) in [4.78, 5) is 19.3. The molecule has 2 N–H and O–H groups in total. The molecular weight excluding hydrogens is 270 g/mol. The lowest BCUT2D eigenvalue weighted by atomic mass is 10.2. The number of nitrogens with zero attached hydrogens (tertiary/aromatic N) is 2. The van der Waals surface area contributed by atoms with Crippen LogP contribution in [0.4, 0.5) is 10.5 Å². The van der Waals surface area contributed by atoms with Gasteiger partial charge in [-0.3, -0.25) is 10.3 Å². The molecule has 0 aliphatic heterocycles. The smallest absolute Gasteiger partial charge is 0.409 e. The molecule has 3 rings (SSSR count). The highest BCUT2D eigenvalue weighted by atomic mass is 16.4.